The van der Waals surface area contributed by atoms with Crippen molar-refractivity contribution in [1.29, 1.82) is 0 Å². The Balaban J connectivity index is 1.38. The van der Waals surface area contributed by atoms with Crippen molar-refractivity contribution in [3.63, 3.8) is 0 Å². The molecule has 0 radical (unpaired) electrons. The maximum Gasteiger partial charge on any atom is 0.0463 e. The Hall–Kier alpha value is -5.08. The fourth-order valence-electron chi connectivity index (χ4n) is 4.93. The van der Waals surface area contributed by atoms with Gasteiger partial charge in [0.2, 0.25) is 0 Å². The van der Waals surface area contributed by atoms with Gasteiger partial charge < -0.3 is 9.80 Å². The zero-order valence-electron chi connectivity index (χ0n) is 22.0. The lowest BCUT2D eigenvalue weighted by Gasteiger charge is -2.28. The Morgan fingerprint density at radius 1 is 0.282 bits per heavy atom. The lowest BCUT2D eigenvalue weighted by atomic mass is 10.0. The molecule has 0 aliphatic heterocycles. The Morgan fingerprint density at radius 2 is 0.564 bits per heavy atom. The molecule has 0 saturated carbocycles. The van der Waals surface area contributed by atoms with Crippen molar-refractivity contribution in [2.75, 3.05) is 9.80 Å². The molecule has 0 N–H and O–H groups in total. The second-order valence-electron chi connectivity index (χ2n) is 9.61. The number of hydrogen-bond acceptors (Lipinski definition) is 2. The van der Waals surface area contributed by atoms with Crippen molar-refractivity contribution >= 4 is 34.1 Å². The van der Waals surface area contributed by atoms with E-state index < -0.39 is 0 Å². The molecule has 0 amide bonds. The molecule has 0 aromatic heterocycles. The van der Waals surface area contributed by atoms with E-state index in [4.69, 9.17) is 0 Å². The molecule has 188 valence electrons. The summed E-state index contributed by atoms with van der Waals surface area (Å²) in [5.41, 5.74) is 10.4. The van der Waals surface area contributed by atoms with Gasteiger partial charge in [0.25, 0.3) is 0 Å². The van der Waals surface area contributed by atoms with Gasteiger partial charge in [-0.05, 0) is 90.8 Å². The van der Waals surface area contributed by atoms with Crippen LogP contribution in [0.4, 0.5) is 34.1 Å². The van der Waals surface area contributed by atoms with Gasteiger partial charge in [0.15, 0.2) is 0 Å². The molecule has 6 aromatic rings. The van der Waals surface area contributed by atoms with Gasteiger partial charge in [-0.3, -0.25) is 0 Å². The van der Waals surface area contributed by atoms with Gasteiger partial charge in [-0.2, -0.15) is 0 Å². The summed E-state index contributed by atoms with van der Waals surface area (Å²) in [5, 5.41) is 0. The first-order valence-electron chi connectivity index (χ1n) is 13.3. The van der Waals surface area contributed by atoms with Gasteiger partial charge in [0.05, 0.1) is 0 Å². The second-order valence-corrected chi connectivity index (χ2v) is 9.61. The van der Waals surface area contributed by atoms with E-state index in [1.807, 2.05) is 0 Å². The van der Waals surface area contributed by atoms with Gasteiger partial charge in [-0.1, -0.05) is 96.6 Å². The Labute approximate surface area is 231 Å². The molecule has 0 saturated heterocycles. The van der Waals surface area contributed by atoms with Crippen LogP contribution in [0, 0.1) is 6.92 Å². The fraction of sp³-hybridized carbons (Fsp3) is 0.0270. The van der Waals surface area contributed by atoms with E-state index in [-0.39, 0.29) is 0 Å². The van der Waals surface area contributed by atoms with Gasteiger partial charge in [0.1, 0.15) is 0 Å². The zero-order chi connectivity index (χ0) is 26.4. The first-order valence-corrected chi connectivity index (χ1v) is 13.3. The molecule has 39 heavy (non-hydrogen) atoms. The number of aryl methyl sites for hydroxylation is 1. The Bertz CT molecular complexity index is 1610. The summed E-state index contributed by atoms with van der Waals surface area (Å²) in [6, 6.07) is 57.9. The highest BCUT2D eigenvalue weighted by atomic mass is 15.2. The molecule has 0 heterocycles. The molecule has 2 heteroatoms. The normalized spacial score (nSPS) is 10.7. The van der Waals surface area contributed by atoms with Crippen LogP contribution in [0.2, 0.25) is 0 Å². The molecular weight excluding hydrogens is 472 g/mol. The van der Waals surface area contributed by atoms with Crippen LogP contribution in [-0.2, 0) is 0 Å². The monoisotopic (exact) mass is 502 g/mol. The van der Waals surface area contributed by atoms with Crippen molar-refractivity contribution in [2.45, 2.75) is 6.92 Å². The third kappa shape index (κ3) is 5.32. The van der Waals surface area contributed by atoms with E-state index in [0.29, 0.717) is 0 Å². The molecular formula is C37H30N2. The maximum atomic E-state index is 2.30. The second kappa shape index (κ2) is 11.1. The largest absolute Gasteiger partial charge is 0.311 e. The quantitative estimate of drug-likeness (QED) is 0.214. The van der Waals surface area contributed by atoms with Crippen LogP contribution >= 0.6 is 0 Å². The van der Waals surface area contributed by atoms with Crippen LogP contribution in [-0.4, -0.2) is 0 Å². The van der Waals surface area contributed by atoms with Crippen LogP contribution in [0.5, 0.6) is 0 Å². The van der Waals surface area contributed by atoms with Crippen molar-refractivity contribution in [2.24, 2.45) is 0 Å². The summed E-state index contributed by atoms with van der Waals surface area (Å²) < 4.78 is 0. The number of para-hydroxylation sites is 2. The fourth-order valence-corrected chi connectivity index (χ4v) is 4.93. The standard InChI is InChI=1S/C37H30N2/c1-29-17-21-34(22-18-29)38(32-13-7-3-8-14-32)36-25-27-37(28-26-36)39(33-15-9-4-10-16-33)35-23-19-31(20-24-35)30-11-5-2-6-12-30/h2-28H,1H3. The third-order valence-electron chi connectivity index (χ3n) is 6.92. The highest BCUT2D eigenvalue weighted by Crippen LogP contribution is 2.39. The number of benzene rings is 6. The van der Waals surface area contributed by atoms with Crippen molar-refractivity contribution in [3.05, 3.63) is 169 Å². The summed E-state index contributed by atoms with van der Waals surface area (Å²) in [6.07, 6.45) is 0. The summed E-state index contributed by atoms with van der Waals surface area (Å²) in [7, 11) is 0. The van der Waals surface area contributed by atoms with Crippen LogP contribution in [0.25, 0.3) is 11.1 Å². The molecule has 0 fully saturated rings. The van der Waals surface area contributed by atoms with Gasteiger partial charge in [-0.25, -0.2) is 0 Å². The minimum atomic E-state index is 1.11. The van der Waals surface area contributed by atoms with Gasteiger partial charge >= 0.3 is 0 Å². The Kier molecular flexibility index (Phi) is 6.92. The number of nitrogens with zero attached hydrogens (tertiary/aromatic N) is 2. The van der Waals surface area contributed by atoms with Crippen LogP contribution < -0.4 is 9.80 Å². The molecule has 0 aliphatic carbocycles. The predicted molar refractivity (Wildman–Crippen MR) is 166 cm³/mol. The average Bonchev–Trinajstić information content (AvgIpc) is 3.01. The van der Waals surface area contributed by atoms with Crippen LogP contribution in [0.3, 0.4) is 0 Å². The lowest BCUT2D eigenvalue weighted by molar-refractivity contribution is 1.25. The van der Waals surface area contributed by atoms with Crippen LogP contribution in [0.15, 0.2) is 164 Å². The minimum absolute atomic E-state index is 1.11. The first-order chi connectivity index (χ1) is 19.3. The van der Waals surface area contributed by atoms with Gasteiger partial charge in [-0.15, -0.1) is 0 Å². The van der Waals surface area contributed by atoms with E-state index in [1.165, 1.54) is 16.7 Å². The smallest absolute Gasteiger partial charge is 0.0463 e. The highest BCUT2D eigenvalue weighted by Gasteiger charge is 2.15. The molecule has 6 aromatic carbocycles. The molecule has 6 rings (SSSR count). The average molecular weight is 503 g/mol. The van der Waals surface area contributed by atoms with Crippen LogP contribution in [0.1, 0.15) is 5.56 Å². The SMILES string of the molecule is Cc1ccc(N(c2ccccc2)c2ccc(N(c3ccccc3)c3ccc(-c4ccccc4)cc3)cc2)cc1. The van der Waals surface area contributed by atoms with E-state index in [1.54, 1.807) is 0 Å². The predicted octanol–water partition coefficient (Wildman–Crippen LogP) is 10.6. The summed E-state index contributed by atoms with van der Waals surface area (Å²) in [4.78, 5) is 4.60. The summed E-state index contributed by atoms with van der Waals surface area (Å²) >= 11 is 0. The minimum Gasteiger partial charge on any atom is -0.311 e. The molecule has 0 bridgehead atoms. The number of hydrogen-bond donors (Lipinski definition) is 0. The molecule has 0 spiro atoms. The topological polar surface area (TPSA) is 6.48 Å². The zero-order valence-corrected chi connectivity index (χ0v) is 22.0. The van der Waals surface area contributed by atoms with E-state index in [0.717, 1.165) is 34.1 Å². The molecule has 2 nitrogen and oxygen atoms in total. The Morgan fingerprint density at radius 3 is 0.974 bits per heavy atom. The number of rotatable bonds is 7. The third-order valence-corrected chi connectivity index (χ3v) is 6.92. The van der Waals surface area contributed by atoms with Crippen molar-refractivity contribution < 1.29 is 0 Å². The van der Waals surface area contributed by atoms with E-state index in [9.17, 15) is 0 Å². The number of anilines is 6. The molecule has 0 unspecified atom stereocenters. The van der Waals surface area contributed by atoms with Crippen molar-refractivity contribution in [3.8, 4) is 11.1 Å². The summed E-state index contributed by atoms with van der Waals surface area (Å²) in [6.45, 7) is 2.12. The highest BCUT2D eigenvalue weighted by molar-refractivity contribution is 5.81. The molecule has 0 atom stereocenters. The first kappa shape index (κ1) is 24.3. The maximum absolute atomic E-state index is 2.30. The molecule has 0 aliphatic rings. The van der Waals surface area contributed by atoms with E-state index >= 15 is 0 Å². The van der Waals surface area contributed by atoms with Crippen molar-refractivity contribution in [1.82, 2.24) is 0 Å². The lowest BCUT2D eigenvalue weighted by Crippen LogP contribution is -2.12. The summed E-state index contributed by atoms with van der Waals surface area (Å²) in [5.74, 6) is 0. The van der Waals surface area contributed by atoms with E-state index in [2.05, 4.69) is 181 Å². The van der Waals surface area contributed by atoms with Gasteiger partial charge in [0, 0.05) is 34.1 Å².